The van der Waals surface area contributed by atoms with E-state index in [1.54, 1.807) is 6.20 Å². The van der Waals surface area contributed by atoms with Crippen LogP contribution in [0.4, 0.5) is 17.1 Å². The molecule has 3 aliphatic rings. The highest BCUT2D eigenvalue weighted by molar-refractivity contribution is 7.86. The summed E-state index contributed by atoms with van der Waals surface area (Å²) in [6.45, 7) is 1.84. The minimum absolute atomic E-state index is 0.128. The number of nitrogens with zero attached hydrogens (tertiary/aromatic N) is 1. The molecule has 2 aromatic rings. The summed E-state index contributed by atoms with van der Waals surface area (Å²) in [4.78, 5) is 2.37. The van der Waals surface area contributed by atoms with Crippen LogP contribution in [0, 0.1) is 11.3 Å². The molecule has 6 N–H and O–H groups in total. The molecule has 1 spiro atoms. The van der Waals surface area contributed by atoms with Gasteiger partial charge in [0.2, 0.25) is 0 Å². The number of nitrogens with two attached hydrogens (primary N) is 1. The van der Waals surface area contributed by atoms with E-state index >= 15 is 0 Å². The quantitative estimate of drug-likeness (QED) is 0.320. The molecule has 8 nitrogen and oxygen atoms in total. The molecule has 0 bridgehead atoms. The molecule has 2 heterocycles. The molecule has 0 amide bonds. The maximum atomic E-state index is 12.1. The number of rotatable bonds is 10. The predicted molar refractivity (Wildman–Crippen MR) is 145 cm³/mol. The van der Waals surface area contributed by atoms with Crippen molar-refractivity contribution in [1.82, 2.24) is 0 Å². The van der Waals surface area contributed by atoms with Gasteiger partial charge in [0.25, 0.3) is 0 Å². The van der Waals surface area contributed by atoms with Gasteiger partial charge in [0.05, 0.1) is 29.4 Å². The van der Waals surface area contributed by atoms with Crippen molar-refractivity contribution >= 4 is 33.7 Å². The fourth-order valence-corrected chi connectivity index (χ4v) is 6.20. The second kappa shape index (κ2) is 10.9. The normalized spacial score (nSPS) is 21.5. The van der Waals surface area contributed by atoms with Crippen LogP contribution in [0.25, 0.3) is 5.70 Å². The van der Waals surface area contributed by atoms with Crippen molar-refractivity contribution < 1.29 is 18.8 Å². The van der Waals surface area contributed by atoms with Gasteiger partial charge in [-0.3, -0.25) is 0 Å². The van der Waals surface area contributed by atoms with E-state index < -0.39 is 17.1 Å². The number of piperidine rings is 1. The Balaban J connectivity index is 1.31. The highest BCUT2D eigenvalue weighted by Gasteiger charge is 2.44. The lowest BCUT2D eigenvalue weighted by atomic mass is 9.93. The Morgan fingerprint density at radius 2 is 1.94 bits per heavy atom. The van der Waals surface area contributed by atoms with E-state index in [0.717, 1.165) is 55.8 Å². The van der Waals surface area contributed by atoms with Crippen LogP contribution in [0.1, 0.15) is 69.0 Å². The minimum atomic E-state index is -1.34. The molecule has 9 heteroatoms. The Hall–Kier alpha value is -2.49. The zero-order chi connectivity index (χ0) is 25.1. The second-order valence-corrected chi connectivity index (χ2v) is 11.8. The molecule has 2 saturated carbocycles. The van der Waals surface area contributed by atoms with Crippen LogP contribution in [-0.2, 0) is 11.0 Å². The summed E-state index contributed by atoms with van der Waals surface area (Å²) in [6, 6.07) is 9.47. The van der Waals surface area contributed by atoms with Crippen LogP contribution in [0.5, 0.6) is 0 Å². The Kier molecular flexibility index (Phi) is 7.60. The largest absolute Gasteiger partial charge is 0.457 e. The SMILES string of the molecule is N/C(=C\Nc1ccc(NS(=O)CCO)cc1N1CCC2(CC1)CC2)c1ccc(C(O)C2CCCC2)o1. The molecule has 1 aliphatic heterocycles. The number of aliphatic hydroxyl groups excluding tert-OH is 2. The Labute approximate surface area is 215 Å². The summed E-state index contributed by atoms with van der Waals surface area (Å²) in [5.41, 5.74) is 10.0. The van der Waals surface area contributed by atoms with Crippen molar-refractivity contribution in [2.24, 2.45) is 17.1 Å². The number of aliphatic hydroxyl groups is 2. The van der Waals surface area contributed by atoms with E-state index in [-0.39, 0.29) is 18.3 Å². The molecule has 1 aromatic heterocycles. The molecule has 5 rings (SSSR count). The lowest BCUT2D eigenvalue weighted by molar-refractivity contribution is 0.0884. The molecule has 2 atom stereocenters. The number of nitrogens with one attached hydrogen (secondary N) is 2. The van der Waals surface area contributed by atoms with E-state index in [2.05, 4.69) is 14.9 Å². The first-order chi connectivity index (χ1) is 17.5. The number of anilines is 3. The van der Waals surface area contributed by atoms with E-state index in [0.29, 0.717) is 22.6 Å². The Morgan fingerprint density at radius 3 is 2.64 bits per heavy atom. The van der Waals surface area contributed by atoms with Gasteiger partial charge in [-0.25, -0.2) is 4.21 Å². The molecule has 3 fully saturated rings. The first-order valence-electron chi connectivity index (χ1n) is 13.1. The summed E-state index contributed by atoms with van der Waals surface area (Å²) < 4.78 is 21.0. The lowest BCUT2D eigenvalue weighted by Gasteiger charge is -2.35. The van der Waals surface area contributed by atoms with Gasteiger partial charge >= 0.3 is 0 Å². The maximum Gasteiger partial charge on any atom is 0.151 e. The smallest absolute Gasteiger partial charge is 0.151 e. The van der Waals surface area contributed by atoms with Gasteiger partial charge in [0.1, 0.15) is 22.8 Å². The van der Waals surface area contributed by atoms with Crippen molar-refractivity contribution in [3.63, 3.8) is 0 Å². The number of hydrogen-bond acceptors (Lipinski definition) is 7. The molecule has 1 aromatic carbocycles. The van der Waals surface area contributed by atoms with Gasteiger partial charge in [-0.05, 0) is 80.2 Å². The molecular formula is C27H38N4O4S. The van der Waals surface area contributed by atoms with Crippen LogP contribution in [0.15, 0.2) is 40.9 Å². The fourth-order valence-electron chi connectivity index (χ4n) is 5.54. The zero-order valence-corrected chi connectivity index (χ0v) is 21.6. The first-order valence-corrected chi connectivity index (χ1v) is 14.4. The third-order valence-electron chi connectivity index (χ3n) is 8.06. The molecule has 2 aliphatic carbocycles. The maximum absolute atomic E-state index is 12.1. The summed E-state index contributed by atoms with van der Waals surface area (Å²) in [5, 5.41) is 23.1. The van der Waals surface area contributed by atoms with Gasteiger partial charge < -0.3 is 35.3 Å². The zero-order valence-electron chi connectivity index (χ0n) is 20.7. The van der Waals surface area contributed by atoms with Crippen LogP contribution >= 0.6 is 0 Å². The average Bonchev–Trinajstić information content (AvgIpc) is 3.28. The van der Waals surface area contributed by atoms with Crippen LogP contribution in [-0.4, -0.2) is 39.9 Å². The highest BCUT2D eigenvalue weighted by Crippen LogP contribution is 2.54. The summed E-state index contributed by atoms with van der Waals surface area (Å²) in [6.07, 6.45) is 10.6. The predicted octanol–water partition coefficient (Wildman–Crippen LogP) is 4.32. The number of hydrogen-bond donors (Lipinski definition) is 5. The summed E-state index contributed by atoms with van der Waals surface area (Å²) >= 11 is 0. The third kappa shape index (κ3) is 5.74. The number of benzene rings is 1. The molecule has 0 radical (unpaired) electrons. The van der Waals surface area contributed by atoms with Crippen molar-refractivity contribution in [3.05, 3.63) is 48.1 Å². The van der Waals surface area contributed by atoms with Gasteiger partial charge in [-0.2, -0.15) is 0 Å². The summed E-state index contributed by atoms with van der Waals surface area (Å²) in [5.74, 6) is 1.54. The summed E-state index contributed by atoms with van der Waals surface area (Å²) in [7, 11) is -1.34. The van der Waals surface area contributed by atoms with Gasteiger partial charge in [-0.15, -0.1) is 0 Å². The van der Waals surface area contributed by atoms with Gasteiger partial charge in [0.15, 0.2) is 5.76 Å². The van der Waals surface area contributed by atoms with Crippen molar-refractivity contribution in [2.75, 3.05) is 40.4 Å². The van der Waals surface area contributed by atoms with E-state index in [1.165, 1.54) is 25.7 Å². The van der Waals surface area contributed by atoms with E-state index in [9.17, 15) is 9.32 Å². The third-order valence-corrected chi connectivity index (χ3v) is 9.08. The molecular weight excluding hydrogens is 476 g/mol. The fraction of sp³-hybridized carbons (Fsp3) is 0.556. The Morgan fingerprint density at radius 1 is 1.19 bits per heavy atom. The average molecular weight is 515 g/mol. The van der Waals surface area contributed by atoms with Crippen LogP contribution in [0.3, 0.4) is 0 Å². The van der Waals surface area contributed by atoms with Crippen molar-refractivity contribution in [2.45, 2.75) is 57.5 Å². The van der Waals surface area contributed by atoms with Gasteiger partial charge in [0, 0.05) is 25.0 Å². The minimum Gasteiger partial charge on any atom is -0.457 e. The standard InChI is InChI=1S/C27H38N4O4S/c28-21(24-7-8-25(35-24)26(33)19-3-1-2-4-19)18-29-22-6-5-20(30-36(34)16-15-32)17-23(22)31-13-11-27(9-10-27)12-14-31/h5-8,17-19,26,29-30,32-33H,1-4,9-16,28H2/b21-18-. The van der Waals surface area contributed by atoms with Crippen molar-refractivity contribution in [1.29, 1.82) is 0 Å². The van der Waals surface area contributed by atoms with E-state index in [1.807, 2.05) is 30.3 Å². The molecule has 36 heavy (non-hydrogen) atoms. The topological polar surface area (TPSA) is 124 Å². The lowest BCUT2D eigenvalue weighted by Crippen LogP contribution is -2.34. The molecule has 196 valence electrons. The van der Waals surface area contributed by atoms with Crippen LogP contribution in [0.2, 0.25) is 0 Å². The first kappa shape index (κ1) is 25.2. The number of furan rings is 1. The molecule has 1 saturated heterocycles. The van der Waals surface area contributed by atoms with E-state index in [4.69, 9.17) is 15.3 Å². The Bertz CT molecular complexity index is 1100. The van der Waals surface area contributed by atoms with Crippen LogP contribution < -0.4 is 20.7 Å². The van der Waals surface area contributed by atoms with Gasteiger partial charge in [-0.1, -0.05) is 12.8 Å². The van der Waals surface area contributed by atoms with Crippen molar-refractivity contribution in [3.8, 4) is 0 Å². The highest BCUT2D eigenvalue weighted by atomic mass is 32.2. The second-order valence-electron chi connectivity index (χ2n) is 10.5. The monoisotopic (exact) mass is 514 g/mol. The molecule has 2 unspecified atom stereocenters.